The van der Waals surface area contributed by atoms with Crippen molar-refractivity contribution in [1.29, 1.82) is 0 Å². The van der Waals surface area contributed by atoms with Crippen LogP contribution in [0.2, 0.25) is 0 Å². The number of hydrogen-bond donors (Lipinski definition) is 0. The lowest BCUT2D eigenvalue weighted by Crippen LogP contribution is -2.56. The van der Waals surface area contributed by atoms with Crippen LogP contribution in [0, 0.1) is 19.3 Å². The number of carbonyl (C=O) groups excluding carboxylic acids is 2. The molecule has 1 aromatic rings. The predicted molar refractivity (Wildman–Crippen MR) is 124 cm³/mol. The maximum absolute atomic E-state index is 13.6. The number of fused-ring (bicyclic) bond motifs is 1. The van der Waals surface area contributed by atoms with E-state index in [1.807, 2.05) is 42.7 Å². The van der Waals surface area contributed by atoms with E-state index in [0.29, 0.717) is 32.4 Å². The second-order valence-electron chi connectivity index (χ2n) is 10.0. The van der Waals surface area contributed by atoms with Gasteiger partial charge in [-0.25, -0.2) is 4.79 Å². The average Bonchev–Trinajstić information content (AvgIpc) is 2.93. The van der Waals surface area contributed by atoms with Crippen LogP contribution < -0.4 is 0 Å². The van der Waals surface area contributed by atoms with Crippen molar-refractivity contribution in [3.05, 3.63) is 60.2 Å². The van der Waals surface area contributed by atoms with Gasteiger partial charge in [0.25, 0.3) is 0 Å². The lowest BCUT2D eigenvalue weighted by molar-refractivity contribution is -0.139. The minimum absolute atomic E-state index is 0.102. The number of hydrogen-bond acceptors (Lipinski definition) is 3. The van der Waals surface area contributed by atoms with E-state index in [4.69, 9.17) is 4.74 Å². The number of allylic oxidation sites excluding steroid dienone is 2. The molecular weight excluding hydrogens is 388 g/mol. The van der Waals surface area contributed by atoms with E-state index in [9.17, 15) is 9.59 Å². The second kappa shape index (κ2) is 8.52. The first-order valence-electron chi connectivity index (χ1n) is 11.1. The summed E-state index contributed by atoms with van der Waals surface area (Å²) in [4.78, 5) is 30.6. The van der Waals surface area contributed by atoms with Crippen molar-refractivity contribution in [2.45, 2.75) is 71.6 Å². The van der Waals surface area contributed by atoms with Gasteiger partial charge in [-0.15, -0.1) is 13.2 Å². The molecule has 2 unspecified atom stereocenters. The summed E-state index contributed by atoms with van der Waals surface area (Å²) in [5, 5.41) is 0. The number of aryl methyl sites for hydroxylation is 2. The standard InChI is InChI=1S/C26H36N2O3/c1-8-12-26(13-9-2)17-21-22(20-11-10-18(3)16-19(20)4)28(15-14-27(21)23(26)29)24(30)31-25(5,6)7/h8-11,16,21-22H,1-2,12-15,17H2,3-7H3. The fourth-order valence-corrected chi connectivity index (χ4v) is 5.20. The Kier molecular flexibility index (Phi) is 6.35. The Morgan fingerprint density at radius 3 is 2.39 bits per heavy atom. The van der Waals surface area contributed by atoms with Crippen molar-refractivity contribution in [2.24, 2.45) is 5.41 Å². The predicted octanol–water partition coefficient (Wildman–Crippen LogP) is 5.33. The maximum atomic E-state index is 13.6. The summed E-state index contributed by atoms with van der Waals surface area (Å²) in [6.45, 7) is 18.5. The largest absolute Gasteiger partial charge is 0.444 e. The number of carbonyl (C=O) groups is 2. The minimum atomic E-state index is -0.581. The highest BCUT2D eigenvalue weighted by Gasteiger charge is 2.56. The lowest BCUT2D eigenvalue weighted by atomic mass is 9.76. The van der Waals surface area contributed by atoms with E-state index in [-0.39, 0.29) is 24.1 Å². The van der Waals surface area contributed by atoms with Crippen LogP contribution in [0.5, 0.6) is 0 Å². The monoisotopic (exact) mass is 424 g/mol. The van der Waals surface area contributed by atoms with Crippen LogP contribution in [-0.4, -0.2) is 46.5 Å². The molecule has 5 heteroatoms. The minimum Gasteiger partial charge on any atom is -0.444 e. The normalized spacial score (nSPS) is 22.8. The quantitative estimate of drug-likeness (QED) is 0.600. The third-order valence-corrected chi connectivity index (χ3v) is 6.44. The van der Waals surface area contributed by atoms with Crippen molar-refractivity contribution < 1.29 is 14.3 Å². The number of rotatable bonds is 5. The summed E-state index contributed by atoms with van der Waals surface area (Å²) >= 11 is 0. The molecule has 0 aliphatic carbocycles. The van der Waals surface area contributed by atoms with E-state index < -0.39 is 11.0 Å². The molecule has 0 N–H and O–H groups in total. The Bertz CT molecular complexity index is 873. The van der Waals surface area contributed by atoms with Crippen LogP contribution in [0.3, 0.4) is 0 Å². The summed E-state index contributed by atoms with van der Waals surface area (Å²) in [7, 11) is 0. The summed E-state index contributed by atoms with van der Waals surface area (Å²) in [6.07, 6.45) is 5.22. The first kappa shape index (κ1) is 23.1. The molecule has 1 aromatic carbocycles. The number of nitrogens with zero attached hydrogens (tertiary/aromatic N) is 2. The molecule has 0 saturated carbocycles. The molecule has 2 saturated heterocycles. The molecule has 2 heterocycles. The topological polar surface area (TPSA) is 49.9 Å². The zero-order chi connectivity index (χ0) is 23.0. The van der Waals surface area contributed by atoms with Gasteiger partial charge in [-0.05, 0) is 65.0 Å². The SMILES string of the molecule is C=CCC1(CC=C)CC2C(c3ccc(C)cc3C)N(C(=O)OC(C)(C)C)CCN2C1=O. The fraction of sp³-hybridized carbons (Fsp3) is 0.538. The zero-order valence-corrected chi connectivity index (χ0v) is 19.6. The molecule has 2 aliphatic heterocycles. The highest BCUT2D eigenvalue weighted by atomic mass is 16.6. The van der Waals surface area contributed by atoms with E-state index in [1.54, 1.807) is 0 Å². The van der Waals surface area contributed by atoms with Crippen molar-refractivity contribution in [2.75, 3.05) is 13.1 Å². The second-order valence-corrected chi connectivity index (χ2v) is 10.0. The van der Waals surface area contributed by atoms with Gasteiger partial charge in [0.1, 0.15) is 5.60 Å². The molecule has 0 radical (unpaired) electrons. The molecule has 0 bridgehead atoms. The van der Waals surface area contributed by atoms with Gasteiger partial charge in [-0.2, -0.15) is 0 Å². The van der Waals surface area contributed by atoms with Crippen LogP contribution in [0.25, 0.3) is 0 Å². The van der Waals surface area contributed by atoms with Gasteiger partial charge >= 0.3 is 6.09 Å². The van der Waals surface area contributed by atoms with Crippen molar-refractivity contribution >= 4 is 12.0 Å². The highest BCUT2D eigenvalue weighted by molar-refractivity contribution is 5.86. The van der Waals surface area contributed by atoms with Gasteiger partial charge in [-0.3, -0.25) is 9.69 Å². The number of benzene rings is 1. The van der Waals surface area contributed by atoms with Gasteiger partial charge in [0.15, 0.2) is 0 Å². The number of piperazine rings is 1. The van der Waals surface area contributed by atoms with Gasteiger partial charge in [0.2, 0.25) is 5.91 Å². The molecule has 3 rings (SSSR count). The van der Waals surface area contributed by atoms with Crippen molar-refractivity contribution in [3.63, 3.8) is 0 Å². The number of amides is 2. The van der Waals surface area contributed by atoms with E-state index >= 15 is 0 Å². The smallest absolute Gasteiger partial charge is 0.410 e. The van der Waals surface area contributed by atoms with Crippen molar-refractivity contribution in [1.82, 2.24) is 9.80 Å². The molecule has 0 spiro atoms. The molecule has 0 aromatic heterocycles. The Labute approximate surface area is 186 Å². The van der Waals surface area contributed by atoms with Gasteiger partial charge in [0, 0.05) is 13.1 Å². The molecule has 168 valence electrons. The van der Waals surface area contributed by atoms with Crippen LogP contribution in [0.4, 0.5) is 4.79 Å². The fourth-order valence-electron chi connectivity index (χ4n) is 5.20. The molecule has 2 amide bonds. The third kappa shape index (κ3) is 4.41. The maximum Gasteiger partial charge on any atom is 0.410 e. The third-order valence-electron chi connectivity index (χ3n) is 6.44. The lowest BCUT2D eigenvalue weighted by Gasteiger charge is -2.45. The van der Waals surface area contributed by atoms with E-state index in [0.717, 1.165) is 11.1 Å². The molecule has 5 nitrogen and oxygen atoms in total. The number of ether oxygens (including phenoxy) is 1. The Morgan fingerprint density at radius 1 is 1.19 bits per heavy atom. The Hall–Kier alpha value is -2.56. The Morgan fingerprint density at radius 2 is 1.84 bits per heavy atom. The zero-order valence-electron chi connectivity index (χ0n) is 19.6. The molecular formula is C26H36N2O3. The highest BCUT2D eigenvalue weighted by Crippen LogP contribution is 2.49. The van der Waals surface area contributed by atoms with E-state index in [2.05, 4.69) is 45.2 Å². The molecule has 2 aliphatic rings. The van der Waals surface area contributed by atoms with Gasteiger partial charge in [0.05, 0.1) is 17.5 Å². The van der Waals surface area contributed by atoms with Crippen molar-refractivity contribution in [3.8, 4) is 0 Å². The molecule has 2 fully saturated rings. The van der Waals surface area contributed by atoms with Gasteiger partial charge < -0.3 is 9.64 Å². The average molecular weight is 425 g/mol. The summed E-state index contributed by atoms with van der Waals surface area (Å²) in [6, 6.07) is 5.96. The summed E-state index contributed by atoms with van der Waals surface area (Å²) in [5.41, 5.74) is 2.26. The molecule has 2 atom stereocenters. The first-order valence-corrected chi connectivity index (χ1v) is 11.1. The Balaban J connectivity index is 2.07. The van der Waals surface area contributed by atoms with Gasteiger partial charge in [-0.1, -0.05) is 35.9 Å². The van der Waals surface area contributed by atoms with Crippen LogP contribution in [-0.2, 0) is 9.53 Å². The summed E-state index contributed by atoms with van der Waals surface area (Å²) in [5.74, 6) is 0.149. The van der Waals surface area contributed by atoms with Crippen LogP contribution in [0.1, 0.15) is 62.8 Å². The summed E-state index contributed by atoms with van der Waals surface area (Å²) < 4.78 is 5.77. The van der Waals surface area contributed by atoms with E-state index in [1.165, 1.54) is 5.56 Å². The van der Waals surface area contributed by atoms with Crippen LogP contribution >= 0.6 is 0 Å². The molecule has 31 heavy (non-hydrogen) atoms. The first-order chi connectivity index (χ1) is 14.5. The van der Waals surface area contributed by atoms with Crippen LogP contribution in [0.15, 0.2) is 43.5 Å².